The molecule has 3 heteroatoms. The number of aryl methyl sites for hydroxylation is 1. The van der Waals surface area contributed by atoms with Crippen LogP contribution >= 0.6 is 0 Å². The number of rotatable bonds is 3. The Balaban J connectivity index is 1.71. The molecule has 2 aliphatic rings. The molecular weight excluding hydrogens is 260 g/mol. The molecule has 0 radical (unpaired) electrons. The lowest BCUT2D eigenvalue weighted by molar-refractivity contribution is 0.0824. The molecule has 0 spiro atoms. The van der Waals surface area contributed by atoms with Crippen LogP contribution in [-0.4, -0.2) is 53.8 Å². The highest BCUT2D eigenvalue weighted by atomic mass is 16.1. The van der Waals surface area contributed by atoms with Gasteiger partial charge in [-0.05, 0) is 40.2 Å². The zero-order valence-electron chi connectivity index (χ0n) is 13.4. The maximum Gasteiger partial charge on any atom is 0.179 e. The van der Waals surface area contributed by atoms with Crippen LogP contribution in [0.1, 0.15) is 42.1 Å². The molecule has 2 bridgehead atoms. The number of Topliss-reactive ketones (excluding diaryl/α,β-unsaturated/α-hetero) is 1. The Morgan fingerprint density at radius 1 is 1.14 bits per heavy atom. The summed E-state index contributed by atoms with van der Waals surface area (Å²) in [4.78, 5) is 17.6. The number of likely N-dealkylation sites (N-methyl/N-ethyl adjacent to an activating group) is 1. The van der Waals surface area contributed by atoms with Crippen molar-refractivity contribution in [1.29, 1.82) is 0 Å². The summed E-state index contributed by atoms with van der Waals surface area (Å²) < 4.78 is 0. The highest BCUT2D eigenvalue weighted by Gasteiger charge is 2.36. The molecule has 0 aromatic heterocycles. The van der Waals surface area contributed by atoms with Crippen molar-refractivity contribution in [2.24, 2.45) is 0 Å². The molecule has 21 heavy (non-hydrogen) atoms. The topological polar surface area (TPSA) is 23.6 Å². The van der Waals surface area contributed by atoms with Crippen LogP contribution in [0.5, 0.6) is 0 Å². The van der Waals surface area contributed by atoms with Crippen LogP contribution in [0.4, 0.5) is 0 Å². The Morgan fingerprint density at radius 2 is 1.81 bits per heavy atom. The highest BCUT2D eigenvalue weighted by molar-refractivity contribution is 5.99. The second-order valence-corrected chi connectivity index (χ2v) is 6.74. The fourth-order valence-electron chi connectivity index (χ4n) is 3.81. The molecule has 1 aromatic carbocycles. The van der Waals surface area contributed by atoms with E-state index in [1.54, 1.807) is 0 Å². The maximum absolute atomic E-state index is 12.7. The molecule has 3 rings (SSSR count). The summed E-state index contributed by atoms with van der Waals surface area (Å²) in [5, 5.41) is 0. The van der Waals surface area contributed by atoms with Crippen molar-refractivity contribution in [3.8, 4) is 0 Å². The van der Waals surface area contributed by atoms with Crippen LogP contribution < -0.4 is 0 Å². The normalized spacial score (nSPS) is 28.3. The molecule has 1 aromatic rings. The monoisotopic (exact) mass is 286 g/mol. The van der Waals surface area contributed by atoms with Gasteiger partial charge in [-0.2, -0.15) is 0 Å². The largest absolute Gasteiger partial charge is 0.299 e. The van der Waals surface area contributed by atoms with E-state index in [0.29, 0.717) is 6.04 Å². The Hall–Kier alpha value is -1.19. The van der Waals surface area contributed by atoms with Crippen molar-refractivity contribution in [1.82, 2.24) is 9.80 Å². The van der Waals surface area contributed by atoms with Gasteiger partial charge in [0.2, 0.25) is 0 Å². The molecule has 2 fully saturated rings. The van der Waals surface area contributed by atoms with Gasteiger partial charge in [0, 0.05) is 30.7 Å². The summed E-state index contributed by atoms with van der Waals surface area (Å²) in [6, 6.07) is 9.32. The van der Waals surface area contributed by atoms with Gasteiger partial charge in [0.15, 0.2) is 5.78 Å². The van der Waals surface area contributed by atoms with E-state index in [1.165, 1.54) is 24.8 Å². The molecule has 3 unspecified atom stereocenters. The summed E-state index contributed by atoms with van der Waals surface area (Å²) in [7, 11) is 2.25. The summed E-state index contributed by atoms with van der Waals surface area (Å²) in [5.74, 6) is 0.260. The average Bonchev–Trinajstić information content (AvgIpc) is 2.71. The summed E-state index contributed by atoms with van der Waals surface area (Å²) >= 11 is 0. The van der Waals surface area contributed by atoms with Gasteiger partial charge in [-0.25, -0.2) is 0 Å². The van der Waals surface area contributed by atoms with Crippen molar-refractivity contribution in [2.75, 3.05) is 20.1 Å². The van der Waals surface area contributed by atoms with Crippen molar-refractivity contribution in [3.05, 3.63) is 35.4 Å². The highest BCUT2D eigenvalue weighted by Crippen LogP contribution is 2.29. The molecule has 2 heterocycles. The predicted molar refractivity (Wildman–Crippen MR) is 85.7 cm³/mol. The Kier molecular flexibility index (Phi) is 4.14. The van der Waals surface area contributed by atoms with Crippen LogP contribution in [0.15, 0.2) is 24.3 Å². The smallest absolute Gasteiger partial charge is 0.179 e. The van der Waals surface area contributed by atoms with Crippen LogP contribution in [0.2, 0.25) is 0 Å². The number of hydrogen-bond acceptors (Lipinski definition) is 3. The third kappa shape index (κ3) is 2.90. The molecule has 3 atom stereocenters. The number of ketones is 1. The minimum Gasteiger partial charge on any atom is -0.299 e. The Morgan fingerprint density at radius 3 is 2.52 bits per heavy atom. The van der Waals surface area contributed by atoms with Crippen molar-refractivity contribution >= 4 is 5.78 Å². The number of likely N-dealkylation sites (tertiary alicyclic amines) is 1. The van der Waals surface area contributed by atoms with Crippen LogP contribution in [0.25, 0.3) is 0 Å². The predicted octanol–water partition coefficient (Wildman–Crippen LogP) is 2.73. The van der Waals surface area contributed by atoms with E-state index in [4.69, 9.17) is 0 Å². The van der Waals surface area contributed by atoms with Gasteiger partial charge in [-0.3, -0.25) is 14.6 Å². The minimum atomic E-state index is -0.0135. The lowest BCUT2D eigenvalue weighted by Gasteiger charge is -2.30. The third-order valence-corrected chi connectivity index (χ3v) is 5.44. The number of benzene rings is 1. The lowest BCUT2D eigenvalue weighted by atomic mass is 10.0. The SMILES string of the molecule is Cc1ccc(C(=O)C(C)N2CCC3CCC(C2)N3C)cc1. The van der Waals surface area contributed by atoms with Gasteiger partial charge in [0.05, 0.1) is 6.04 Å². The average molecular weight is 286 g/mol. The fourth-order valence-corrected chi connectivity index (χ4v) is 3.81. The van der Waals surface area contributed by atoms with Gasteiger partial charge < -0.3 is 0 Å². The van der Waals surface area contributed by atoms with Crippen LogP contribution in [0.3, 0.4) is 0 Å². The van der Waals surface area contributed by atoms with Gasteiger partial charge >= 0.3 is 0 Å². The first-order valence-electron chi connectivity index (χ1n) is 8.13. The maximum atomic E-state index is 12.7. The van der Waals surface area contributed by atoms with E-state index in [0.717, 1.165) is 24.7 Å². The molecule has 2 aliphatic heterocycles. The molecule has 0 saturated carbocycles. The molecule has 3 nitrogen and oxygen atoms in total. The van der Waals surface area contributed by atoms with Crippen LogP contribution in [0, 0.1) is 6.92 Å². The quantitative estimate of drug-likeness (QED) is 0.798. The first-order chi connectivity index (χ1) is 10.1. The van der Waals surface area contributed by atoms with E-state index in [-0.39, 0.29) is 11.8 Å². The minimum absolute atomic E-state index is 0.0135. The van der Waals surface area contributed by atoms with Gasteiger partial charge in [0.1, 0.15) is 0 Å². The number of carbonyl (C=O) groups is 1. The fraction of sp³-hybridized carbons (Fsp3) is 0.611. The second kappa shape index (κ2) is 5.90. The molecule has 114 valence electrons. The number of carbonyl (C=O) groups excluding carboxylic acids is 1. The van der Waals surface area contributed by atoms with Crippen molar-refractivity contribution in [2.45, 2.75) is 51.2 Å². The Labute approximate surface area is 127 Å². The van der Waals surface area contributed by atoms with Gasteiger partial charge in [-0.15, -0.1) is 0 Å². The summed E-state index contributed by atoms with van der Waals surface area (Å²) in [6.45, 7) is 6.20. The van der Waals surface area contributed by atoms with Crippen molar-refractivity contribution < 1.29 is 4.79 Å². The lowest BCUT2D eigenvalue weighted by Crippen LogP contribution is -2.44. The first kappa shape index (κ1) is 14.7. The zero-order valence-corrected chi connectivity index (χ0v) is 13.4. The number of hydrogen-bond donors (Lipinski definition) is 0. The molecule has 0 N–H and O–H groups in total. The Bertz CT molecular complexity index is 510. The van der Waals surface area contributed by atoms with E-state index in [1.807, 2.05) is 24.3 Å². The zero-order chi connectivity index (χ0) is 15.0. The first-order valence-corrected chi connectivity index (χ1v) is 8.13. The molecule has 0 aliphatic carbocycles. The number of fused-ring (bicyclic) bond motifs is 2. The van der Waals surface area contributed by atoms with E-state index in [2.05, 4.69) is 30.7 Å². The third-order valence-electron chi connectivity index (χ3n) is 5.44. The number of nitrogens with zero attached hydrogens (tertiary/aromatic N) is 2. The molecule has 2 saturated heterocycles. The van der Waals surface area contributed by atoms with E-state index in [9.17, 15) is 4.79 Å². The standard InChI is InChI=1S/C18H26N2O/c1-13-4-6-15(7-5-13)18(21)14(2)20-11-10-16-8-9-17(12-20)19(16)3/h4-7,14,16-17H,8-12H2,1-3H3. The summed E-state index contributed by atoms with van der Waals surface area (Å²) in [6.07, 6.45) is 3.80. The van der Waals surface area contributed by atoms with Gasteiger partial charge in [0.25, 0.3) is 0 Å². The van der Waals surface area contributed by atoms with Crippen molar-refractivity contribution in [3.63, 3.8) is 0 Å². The van der Waals surface area contributed by atoms with E-state index >= 15 is 0 Å². The second-order valence-electron chi connectivity index (χ2n) is 6.74. The molecule has 0 amide bonds. The van der Waals surface area contributed by atoms with Crippen LogP contribution in [-0.2, 0) is 0 Å². The van der Waals surface area contributed by atoms with E-state index < -0.39 is 0 Å². The van der Waals surface area contributed by atoms with Gasteiger partial charge in [-0.1, -0.05) is 29.8 Å². The molecular formula is C18H26N2O. The summed E-state index contributed by atoms with van der Waals surface area (Å²) in [5.41, 5.74) is 2.05.